The molecule has 0 unspecified atom stereocenters. The van der Waals surface area contributed by atoms with Crippen molar-refractivity contribution in [3.05, 3.63) is 53.6 Å². The maximum absolute atomic E-state index is 14.7. The second-order valence-electron chi connectivity index (χ2n) is 15.6. The van der Waals surface area contributed by atoms with E-state index >= 15 is 0 Å². The number of carbonyl (C=O) groups excluding carboxylic acids is 6. The van der Waals surface area contributed by atoms with E-state index in [0.29, 0.717) is 17.2 Å². The summed E-state index contributed by atoms with van der Waals surface area (Å²) >= 11 is 6.08. The summed E-state index contributed by atoms with van der Waals surface area (Å²) in [4.78, 5) is 91.7. The van der Waals surface area contributed by atoms with Crippen LogP contribution in [0.2, 0.25) is 5.02 Å². The van der Waals surface area contributed by atoms with Crippen LogP contribution in [-0.4, -0.2) is 93.0 Å². The molecule has 2 heterocycles. The van der Waals surface area contributed by atoms with Crippen molar-refractivity contribution >= 4 is 46.9 Å². The van der Waals surface area contributed by atoms with Crippen LogP contribution in [0.15, 0.2) is 42.9 Å². The minimum absolute atomic E-state index is 0.00597. The summed E-state index contributed by atoms with van der Waals surface area (Å²) in [6.07, 6.45) is 10.3. The summed E-state index contributed by atoms with van der Waals surface area (Å²) < 4.78 is 6.22. The van der Waals surface area contributed by atoms with E-state index in [9.17, 15) is 28.8 Å². The molecule has 5 rings (SSSR count). The molecule has 2 aromatic rings. The fraction of sp³-hybridized carbons (Fsp3) is 0.590. The van der Waals surface area contributed by atoms with Gasteiger partial charge in [0.25, 0.3) is 11.8 Å². The normalized spacial score (nSPS) is 20.6. The van der Waals surface area contributed by atoms with Crippen LogP contribution < -0.4 is 26.0 Å². The summed E-state index contributed by atoms with van der Waals surface area (Å²) in [5, 5.41) is 11.8. The van der Waals surface area contributed by atoms with Gasteiger partial charge in [-0.05, 0) is 67.7 Å². The highest BCUT2D eigenvalue weighted by atomic mass is 35.5. The maximum atomic E-state index is 14.7. The Kier molecular flexibility index (Phi) is 13.6. The van der Waals surface area contributed by atoms with E-state index in [0.717, 1.165) is 44.9 Å². The summed E-state index contributed by atoms with van der Waals surface area (Å²) in [5.74, 6) is -3.35. The number of carbonyl (C=O) groups is 6. The second-order valence-corrected chi connectivity index (χ2v) is 16.1. The van der Waals surface area contributed by atoms with E-state index in [-0.39, 0.29) is 37.0 Å². The first-order chi connectivity index (χ1) is 25.7. The van der Waals surface area contributed by atoms with Crippen molar-refractivity contribution in [2.75, 3.05) is 6.54 Å². The van der Waals surface area contributed by atoms with Crippen molar-refractivity contribution in [1.82, 2.24) is 36.1 Å². The maximum Gasteiger partial charge on any atom is 0.289 e. The molecule has 4 N–H and O–H groups in total. The number of likely N-dealkylation sites (tertiary alicyclic amines) is 1. The van der Waals surface area contributed by atoms with Gasteiger partial charge in [0, 0.05) is 29.9 Å². The molecule has 2 saturated carbocycles. The molecular formula is C39H52ClN7O7. The van der Waals surface area contributed by atoms with E-state index in [4.69, 9.17) is 16.3 Å². The molecular weight excluding hydrogens is 714 g/mol. The van der Waals surface area contributed by atoms with Gasteiger partial charge >= 0.3 is 0 Å². The molecule has 0 bridgehead atoms. The van der Waals surface area contributed by atoms with Gasteiger partial charge in [-0.25, -0.2) is 4.98 Å². The van der Waals surface area contributed by atoms with Crippen LogP contribution in [0, 0.1) is 11.3 Å². The van der Waals surface area contributed by atoms with Gasteiger partial charge in [0.1, 0.15) is 35.7 Å². The Bertz CT molecular complexity index is 1660. The van der Waals surface area contributed by atoms with Crippen LogP contribution in [-0.2, 0) is 24.0 Å². The van der Waals surface area contributed by atoms with Gasteiger partial charge in [0.15, 0.2) is 0 Å². The number of nitrogens with zero attached hydrogens (tertiary/aromatic N) is 3. The van der Waals surface area contributed by atoms with Crippen molar-refractivity contribution in [2.45, 2.75) is 128 Å². The lowest BCUT2D eigenvalue weighted by Crippen LogP contribution is -2.62. The number of rotatable bonds is 15. The van der Waals surface area contributed by atoms with Crippen LogP contribution in [0.1, 0.15) is 102 Å². The monoisotopic (exact) mass is 765 g/mol. The largest absolute Gasteiger partial charge is 0.488 e. The molecule has 3 fully saturated rings. The van der Waals surface area contributed by atoms with Gasteiger partial charge < -0.3 is 30.9 Å². The van der Waals surface area contributed by atoms with Gasteiger partial charge in [-0.15, -0.1) is 0 Å². The lowest BCUT2D eigenvalue weighted by Gasteiger charge is -2.37. The first-order valence-electron chi connectivity index (χ1n) is 19.0. The Hall–Kier alpha value is -4.59. The highest BCUT2D eigenvalue weighted by Crippen LogP contribution is 2.31. The zero-order valence-electron chi connectivity index (χ0n) is 31.4. The number of Topliss-reactive ketones (excluding diaryl/α,β-unsaturated/α-hetero) is 1. The Morgan fingerprint density at radius 2 is 1.65 bits per heavy atom. The quantitative estimate of drug-likeness (QED) is 0.197. The molecule has 3 aliphatic rings. The van der Waals surface area contributed by atoms with Crippen LogP contribution in [0.25, 0.3) is 0 Å². The van der Waals surface area contributed by atoms with E-state index in [1.54, 1.807) is 24.3 Å². The van der Waals surface area contributed by atoms with E-state index in [1.165, 1.54) is 23.5 Å². The number of aromatic nitrogens is 2. The number of ether oxygens (including phenoxy) is 1. The number of benzene rings is 1. The standard InChI is InChI=1S/C39H52ClN7O7/c1-5-9-28(32(48)37(52)43-25-14-15-25)44-35(50)30-20-27(54-26-16-12-24(40)13-17-26)22-47(30)38(53)33(39(2,3)4)46-36(51)31(23-10-7-6-8-11-23)45-34(49)29-21-41-18-19-42-29/h12-13,16-19,21,23,25,27-28,30-31,33H,5-11,14-15,20,22H2,1-4H3,(H,43,52)(H,44,50)(H,45,49)(H,46,51)/t27-,28+,30+,31+,33-/m1/s1. The highest BCUT2D eigenvalue weighted by Gasteiger charge is 2.47. The lowest BCUT2D eigenvalue weighted by atomic mass is 9.82. The van der Waals surface area contributed by atoms with E-state index in [2.05, 4.69) is 31.2 Å². The predicted octanol–water partition coefficient (Wildman–Crippen LogP) is 3.52. The molecule has 1 aromatic carbocycles. The van der Waals surface area contributed by atoms with Gasteiger partial charge in [-0.3, -0.25) is 33.8 Å². The molecule has 1 aromatic heterocycles. The van der Waals surface area contributed by atoms with Crippen LogP contribution >= 0.6 is 11.6 Å². The Morgan fingerprint density at radius 1 is 0.944 bits per heavy atom. The average Bonchev–Trinajstić information content (AvgIpc) is 3.88. The summed E-state index contributed by atoms with van der Waals surface area (Å²) in [6, 6.07) is 2.46. The number of hydrogen-bond acceptors (Lipinski definition) is 9. The third-order valence-corrected chi connectivity index (χ3v) is 10.4. The molecule has 292 valence electrons. The van der Waals surface area contributed by atoms with E-state index < -0.39 is 71.0 Å². The van der Waals surface area contributed by atoms with Crippen molar-refractivity contribution in [3.63, 3.8) is 0 Å². The molecule has 1 saturated heterocycles. The van der Waals surface area contributed by atoms with Crippen molar-refractivity contribution in [1.29, 1.82) is 0 Å². The molecule has 1 aliphatic heterocycles. The first kappa shape index (κ1) is 40.6. The lowest BCUT2D eigenvalue weighted by molar-refractivity contribution is -0.145. The number of ketones is 1. The first-order valence-corrected chi connectivity index (χ1v) is 19.4. The third kappa shape index (κ3) is 10.8. The van der Waals surface area contributed by atoms with E-state index in [1.807, 2.05) is 27.7 Å². The summed E-state index contributed by atoms with van der Waals surface area (Å²) in [6.45, 7) is 7.28. The molecule has 14 nitrogen and oxygen atoms in total. The third-order valence-electron chi connectivity index (χ3n) is 10.2. The zero-order valence-corrected chi connectivity index (χ0v) is 32.2. The number of hydrogen-bond donors (Lipinski definition) is 4. The molecule has 0 spiro atoms. The molecule has 5 amide bonds. The SMILES string of the molecule is CCC[C@H](NC(=O)[C@@H]1C[C@@H](Oc2ccc(Cl)cc2)CN1C(=O)[C@@H](NC(=O)[C@@H](NC(=O)c1cnccn1)C1CCCCC1)C(C)(C)C)C(=O)C(=O)NC1CC1. The molecule has 54 heavy (non-hydrogen) atoms. The average molecular weight is 766 g/mol. The Balaban J connectivity index is 1.39. The molecule has 2 aliphatic carbocycles. The van der Waals surface area contributed by atoms with Crippen LogP contribution in [0.4, 0.5) is 0 Å². The Labute approximate surface area is 321 Å². The minimum Gasteiger partial charge on any atom is -0.488 e. The summed E-state index contributed by atoms with van der Waals surface area (Å²) in [5.41, 5.74) is -0.770. The number of halogens is 1. The predicted molar refractivity (Wildman–Crippen MR) is 200 cm³/mol. The van der Waals surface area contributed by atoms with Crippen molar-refractivity contribution in [3.8, 4) is 5.75 Å². The fourth-order valence-corrected chi connectivity index (χ4v) is 7.22. The summed E-state index contributed by atoms with van der Waals surface area (Å²) in [7, 11) is 0. The number of amides is 5. The number of nitrogens with one attached hydrogen (secondary N) is 4. The van der Waals surface area contributed by atoms with Crippen LogP contribution in [0.3, 0.4) is 0 Å². The molecule has 5 atom stereocenters. The molecule has 15 heteroatoms. The topological polar surface area (TPSA) is 189 Å². The fourth-order valence-electron chi connectivity index (χ4n) is 7.09. The zero-order chi connectivity index (χ0) is 39.0. The van der Waals surface area contributed by atoms with Crippen LogP contribution in [0.5, 0.6) is 5.75 Å². The van der Waals surface area contributed by atoms with Crippen molar-refractivity contribution in [2.24, 2.45) is 11.3 Å². The highest BCUT2D eigenvalue weighted by molar-refractivity contribution is 6.38. The second kappa shape index (κ2) is 18.2. The minimum atomic E-state index is -1.12. The van der Waals surface area contributed by atoms with Gasteiger partial charge in [0.2, 0.25) is 23.5 Å². The van der Waals surface area contributed by atoms with Gasteiger partial charge in [-0.1, -0.05) is 65.0 Å². The van der Waals surface area contributed by atoms with Gasteiger partial charge in [-0.2, -0.15) is 0 Å². The van der Waals surface area contributed by atoms with Crippen molar-refractivity contribution < 1.29 is 33.5 Å². The molecule has 0 radical (unpaired) electrons. The Morgan fingerprint density at radius 3 is 2.26 bits per heavy atom. The van der Waals surface area contributed by atoms with Gasteiger partial charge in [0.05, 0.1) is 18.8 Å². The smallest absolute Gasteiger partial charge is 0.289 e.